The van der Waals surface area contributed by atoms with Gasteiger partial charge in [0, 0.05) is 28.7 Å². The first-order valence-corrected chi connectivity index (χ1v) is 12.7. The fourth-order valence-electron chi connectivity index (χ4n) is 3.79. The topological polar surface area (TPSA) is 83.4 Å². The summed E-state index contributed by atoms with van der Waals surface area (Å²) in [4.78, 5) is 12.6. The lowest BCUT2D eigenvalue weighted by Crippen LogP contribution is -2.26. The molecule has 1 aromatic heterocycles. The molecule has 0 amide bonds. The normalized spacial score (nSPS) is 14.1. The van der Waals surface area contributed by atoms with Gasteiger partial charge in [-0.05, 0) is 55.2 Å². The average Bonchev–Trinajstić information content (AvgIpc) is 2.77. The largest absolute Gasteiger partial charge is 0.340 e. The van der Waals surface area contributed by atoms with Crippen molar-refractivity contribution in [2.24, 2.45) is 0 Å². The molecule has 1 unspecified atom stereocenters. The zero-order valence-electron chi connectivity index (χ0n) is 17.3. The standard InChI is InChI=1S/C23H25N3O3S2/c1-2-3-7-17-10-11-21-19(16-17)26(18-8-4-5-9-20(18)30-21)15-12-22(31(27,28)29)23-24-13-6-14-25-23/h4-6,8-11,13-14,16,22H,2-3,7,12,15H2,1H3,(H,27,28,29). The van der Waals surface area contributed by atoms with E-state index in [1.807, 2.05) is 18.2 Å². The van der Waals surface area contributed by atoms with Crippen LogP contribution in [-0.2, 0) is 16.5 Å². The minimum Gasteiger partial charge on any atom is -0.340 e. The van der Waals surface area contributed by atoms with E-state index in [1.165, 1.54) is 18.0 Å². The molecule has 4 rings (SSSR count). The summed E-state index contributed by atoms with van der Waals surface area (Å²) in [7, 11) is -4.35. The first kappa shape index (κ1) is 21.8. The number of anilines is 2. The highest BCUT2D eigenvalue weighted by Gasteiger charge is 2.30. The van der Waals surface area contributed by atoms with Crippen LogP contribution in [0.25, 0.3) is 0 Å². The molecule has 1 N–H and O–H groups in total. The molecule has 31 heavy (non-hydrogen) atoms. The summed E-state index contributed by atoms with van der Waals surface area (Å²) in [5.74, 6) is 0.113. The SMILES string of the molecule is CCCCc1ccc2c(c1)N(CCC(c1ncccn1)S(=O)(=O)O)c1ccccc1S2. The van der Waals surface area contributed by atoms with Gasteiger partial charge in [-0.25, -0.2) is 9.97 Å². The first-order valence-electron chi connectivity index (χ1n) is 10.4. The predicted octanol–water partition coefficient (Wildman–Crippen LogP) is 5.44. The van der Waals surface area contributed by atoms with E-state index in [4.69, 9.17) is 0 Å². The Morgan fingerprint density at radius 1 is 1.03 bits per heavy atom. The lowest BCUT2D eigenvalue weighted by atomic mass is 10.1. The molecule has 6 nitrogen and oxygen atoms in total. The molecule has 0 spiro atoms. The number of aryl methyl sites for hydroxylation is 1. The molecule has 1 aliphatic heterocycles. The van der Waals surface area contributed by atoms with Crippen LogP contribution in [0.2, 0.25) is 0 Å². The Labute approximate surface area is 187 Å². The van der Waals surface area contributed by atoms with Crippen molar-refractivity contribution in [2.45, 2.75) is 47.6 Å². The van der Waals surface area contributed by atoms with Crippen molar-refractivity contribution in [1.29, 1.82) is 0 Å². The van der Waals surface area contributed by atoms with Crippen LogP contribution >= 0.6 is 11.8 Å². The van der Waals surface area contributed by atoms with Gasteiger partial charge in [0.1, 0.15) is 11.1 Å². The Kier molecular flexibility index (Phi) is 6.60. The Morgan fingerprint density at radius 3 is 2.52 bits per heavy atom. The van der Waals surface area contributed by atoms with Gasteiger partial charge in [-0.3, -0.25) is 4.55 Å². The lowest BCUT2D eigenvalue weighted by Gasteiger charge is -2.33. The molecule has 162 valence electrons. The van der Waals surface area contributed by atoms with Crippen LogP contribution in [-0.4, -0.2) is 29.5 Å². The summed E-state index contributed by atoms with van der Waals surface area (Å²) in [6.45, 7) is 2.59. The second-order valence-electron chi connectivity index (χ2n) is 7.53. The molecule has 1 atom stereocenters. The fourth-order valence-corrected chi connectivity index (χ4v) is 5.65. The third kappa shape index (κ3) is 4.92. The summed E-state index contributed by atoms with van der Waals surface area (Å²) < 4.78 is 34.1. The molecule has 2 heterocycles. The van der Waals surface area contributed by atoms with Crippen LogP contribution in [0.5, 0.6) is 0 Å². The molecule has 0 bridgehead atoms. The highest BCUT2D eigenvalue weighted by Crippen LogP contribution is 2.48. The number of unbranched alkanes of at least 4 members (excludes halogenated alkanes) is 1. The van der Waals surface area contributed by atoms with Gasteiger partial charge in [-0.15, -0.1) is 0 Å². The monoisotopic (exact) mass is 455 g/mol. The zero-order chi connectivity index (χ0) is 21.8. The Bertz CT molecular complexity index is 1150. The van der Waals surface area contributed by atoms with E-state index >= 15 is 0 Å². The predicted molar refractivity (Wildman–Crippen MR) is 124 cm³/mol. The number of para-hydroxylation sites is 1. The maximum atomic E-state index is 12.1. The number of hydrogen-bond acceptors (Lipinski definition) is 6. The van der Waals surface area contributed by atoms with E-state index in [0.717, 1.165) is 40.4 Å². The highest BCUT2D eigenvalue weighted by molar-refractivity contribution is 7.99. The van der Waals surface area contributed by atoms with E-state index in [1.54, 1.807) is 17.8 Å². The number of rotatable bonds is 8. The van der Waals surface area contributed by atoms with Gasteiger partial charge in [-0.1, -0.05) is 43.3 Å². The molecule has 0 aliphatic carbocycles. The fraction of sp³-hybridized carbons (Fsp3) is 0.304. The summed E-state index contributed by atoms with van der Waals surface area (Å²) in [6, 6.07) is 16.3. The summed E-state index contributed by atoms with van der Waals surface area (Å²) in [6.07, 6.45) is 6.41. The first-order chi connectivity index (χ1) is 15.0. The minimum absolute atomic E-state index is 0.113. The summed E-state index contributed by atoms with van der Waals surface area (Å²) >= 11 is 1.72. The van der Waals surface area contributed by atoms with Crippen LogP contribution in [0.15, 0.2) is 70.7 Å². The highest BCUT2D eigenvalue weighted by atomic mass is 32.2. The van der Waals surface area contributed by atoms with Crippen LogP contribution in [0.1, 0.15) is 42.8 Å². The van der Waals surface area contributed by atoms with Crippen LogP contribution < -0.4 is 4.90 Å². The number of hydrogen-bond donors (Lipinski definition) is 1. The van der Waals surface area contributed by atoms with E-state index in [0.29, 0.717) is 6.54 Å². The van der Waals surface area contributed by atoms with Gasteiger partial charge in [0.25, 0.3) is 10.1 Å². The quantitative estimate of drug-likeness (QED) is 0.453. The molecule has 8 heteroatoms. The molecule has 0 saturated heterocycles. The van der Waals surface area contributed by atoms with Crippen LogP contribution in [0.3, 0.4) is 0 Å². The Balaban J connectivity index is 1.68. The van der Waals surface area contributed by atoms with Crippen molar-refractivity contribution in [3.63, 3.8) is 0 Å². The third-order valence-electron chi connectivity index (χ3n) is 5.36. The number of benzene rings is 2. The van der Waals surface area contributed by atoms with Crippen molar-refractivity contribution >= 4 is 33.3 Å². The second-order valence-corrected chi connectivity index (χ2v) is 10.2. The van der Waals surface area contributed by atoms with Gasteiger partial charge >= 0.3 is 0 Å². The third-order valence-corrected chi connectivity index (χ3v) is 7.65. The van der Waals surface area contributed by atoms with Gasteiger partial charge < -0.3 is 4.90 Å². The molecule has 0 fully saturated rings. The summed E-state index contributed by atoms with van der Waals surface area (Å²) in [5, 5.41) is -1.18. The van der Waals surface area contributed by atoms with Gasteiger partial charge in [0.05, 0.1) is 11.4 Å². The molecule has 3 aromatic rings. The maximum absolute atomic E-state index is 12.1. The van der Waals surface area contributed by atoms with E-state index < -0.39 is 15.4 Å². The van der Waals surface area contributed by atoms with Crippen molar-refractivity contribution in [3.05, 3.63) is 72.3 Å². The second kappa shape index (κ2) is 9.38. The Morgan fingerprint density at radius 2 is 1.77 bits per heavy atom. The Hall–Kier alpha value is -2.42. The number of fused-ring (bicyclic) bond motifs is 2. The van der Waals surface area contributed by atoms with Crippen molar-refractivity contribution in [1.82, 2.24) is 9.97 Å². The minimum atomic E-state index is -4.35. The van der Waals surface area contributed by atoms with E-state index in [-0.39, 0.29) is 12.2 Å². The molecular weight excluding hydrogens is 430 g/mol. The van der Waals surface area contributed by atoms with Crippen LogP contribution in [0, 0.1) is 0 Å². The van der Waals surface area contributed by atoms with Gasteiger partial charge in [0.15, 0.2) is 0 Å². The molecule has 0 saturated carbocycles. The molecule has 1 aliphatic rings. The lowest BCUT2D eigenvalue weighted by molar-refractivity contribution is 0.461. The van der Waals surface area contributed by atoms with Crippen molar-refractivity contribution in [2.75, 3.05) is 11.4 Å². The number of nitrogens with zero attached hydrogens (tertiary/aromatic N) is 3. The average molecular weight is 456 g/mol. The molecule has 0 radical (unpaired) electrons. The zero-order valence-corrected chi connectivity index (χ0v) is 18.9. The van der Waals surface area contributed by atoms with Crippen molar-refractivity contribution < 1.29 is 13.0 Å². The van der Waals surface area contributed by atoms with E-state index in [2.05, 4.69) is 46.1 Å². The van der Waals surface area contributed by atoms with Crippen molar-refractivity contribution in [3.8, 4) is 0 Å². The van der Waals surface area contributed by atoms with Gasteiger partial charge in [0.2, 0.25) is 0 Å². The maximum Gasteiger partial charge on any atom is 0.275 e. The number of aromatic nitrogens is 2. The smallest absolute Gasteiger partial charge is 0.275 e. The molecule has 2 aromatic carbocycles. The van der Waals surface area contributed by atoms with E-state index in [9.17, 15) is 13.0 Å². The summed E-state index contributed by atoms with van der Waals surface area (Å²) in [5.41, 5.74) is 3.37. The van der Waals surface area contributed by atoms with Crippen LogP contribution in [0.4, 0.5) is 11.4 Å². The molecular formula is C23H25N3O3S2. The van der Waals surface area contributed by atoms with Gasteiger partial charge in [-0.2, -0.15) is 8.42 Å².